The maximum absolute atomic E-state index is 2.56. The van der Waals surface area contributed by atoms with Crippen molar-refractivity contribution in [3.8, 4) is 0 Å². The lowest BCUT2D eigenvalue weighted by Crippen LogP contribution is -2.61. The maximum Gasteiger partial charge on any atom is 0.252 e. The molecule has 0 aromatic heterocycles. The van der Waals surface area contributed by atoms with Gasteiger partial charge in [0.2, 0.25) is 0 Å². The van der Waals surface area contributed by atoms with Crippen molar-refractivity contribution in [3.05, 3.63) is 200 Å². The van der Waals surface area contributed by atoms with Crippen LogP contribution in [0.15, 0.2) is 200 Å². The number of fused-ring (bicyclic) bond motifs is 16. The minimum absolute atomic E-state index is 0.0777. The van der Waals surface area contributed by atoms with Gasteiger partial charge in [-0.15, -0.1) is 0 Å². The van der Waals surface area contributed by atoms with Crippen LogP contribution in [-0.2, 0) is 0 Å². The second-order valence-corrected chi connectivity index (χ2v) is 15.5. The first-order chi connectivity index (χ1) is 28.3. The van der Waals surface area contributed by atoms with Gasteiger partial charge in [0, 0.05) is 33.8 Å². The van der Waals surface area contributed by atoms with Gasteiger partial charge < -0.3 is 9.80 Å². The molecular weight excluding hydrogens is 687 g/mol. The number of hydrogen-bond donors (Lipinski definition) is 0. The van der Waals surface area contributed by atoms with Gasteiger partial charge >= 0.3 is 0 Å². The summed E-state index contributed by atoms with van der Waals surface area (Å²) >= 11 is 0. The largest absolute Gasteiger partial charge is 0.311 e. The molecule has 262 valence electrons. The molecule has 2 aliphatic rings. The zero-order chi connectivity index (χ0) is 37.2. The van der Waals surface area contributed by atoms with Crippen molar-refractivity contribution in [2.75, 3.05) is 9.80 Å². The fourth-order valence-electron chi connectivity index (χ4n) is 10.5. The van der Waals surface area contributed by atoms with E-state index < -0.39 is 0 Å². The fraction of sp³-hybridized carbons (Fsp3) is 0. The lowest BCUT2D eigenvalue weighted by atomic mass is 9.33. The molecule has 57 heavy (non-hydrogen) atoms. The Hall–Kier alpha value is -7.36. The predicted octanol–water partition coefficient (Wildman–Crippen LogP) is 12.7. The molecule has 0 N–H and O–H groups in total. The molecule has 11 aromatic carbocycles. The van der Waals surface area contributed by atoms with E-state index in [4.69, 9.17) is 0 Å². The minimum Gasteiger partial charge on any atom is -0.311 e. The summed E-state index contributed by atoms with van der Waals surface area (Å²) in [6.07, 6.45) is 0. The summed E-state index contributed by atoms with van der Waals surface area (Å²) < 4.78 is 0. The van der Waals surface area contributed by atoms with Crippen LogP contribution in [0.4, 0.5) is 34.1 Å². The van der Waals surface area contributed by atoms with Crippen molar-refractivity contribution in [3.63, 3.8) is 0 Å². The highest BCUT2D eigenvalue weighted by molar-refractivity contribution is 7.00. The fourth-order valence-corrected chi connectivity index (χ4v) is 10.5. The Kier molecular flexibility index (Phi) is 6.28. The molecular formula is C54H33BN2. The van der Waals surface area contributed by atoms with E-state index in [-0.39, 0.29) is 6.71 Å². The van der Waals surface area contributed by atoms with Gasteiger partial charge in [-0.3, -0.25) is 0 Å². The highest BCUT2D eigenvalue weighted by Gasteiger charge is 2.43. The third-order valence-electron chi connectivity index (χ3n) is 12.8. The Morgan fingerprint density at radius 2 is 0.632 bits per heavy atom. The molecule has 3 heteroatoms. The van der Waals surface area contributed by atoms with Crippen LogP contribution in [0.1, 0.15) is 0 Å². The molecule has 0 amide bonds. The first-order valence-electron chi connectivity index (χ1n) is 19.9. The Bertz CT molecular complexity index is 3430. The van der Waals surface area contributed by atoms with Crippen molar-refractivity contribution >= 4 is 122 Å². The zero-order valence-electron chi connectivity index (χ0n) is 31.0. The molecule has 13 rings (SSSR count). The van der Waals surface area contributed by atoms with Crippen molar-refractivity contribution in [1.29, 1.82) is 0 Å². The van der Waals surface area contributed by atoms with E-state index in [1.54, 1.807) is 0 Å². The quantitative estimate of drug-likeness (QED) is 0.130. The summed E-state index contributed by atoms with van der Waals surface area (Å²) in [5.74, 6) is 0. The maximum atomic E-state index is 2.56. The highest BCUT2D eigenvalue weighted by atomic mass is 15.2. The molecule has 0 saturated carbocycles. The Morgan fingerprint density at radius 1 is 0.263 bits per heavy atom. The number of anilines is 6. The minimum atomic E-state index is 0.0777. The first kappa shape index (κ1) is 30.9. The van der Waals surface area contributed by atoms with Crippen LogP contribution in [0, 0.1) is 0 Å². The lowest BCUT2D eigenvalue weighted by Gasteiger charge is -2.44. The SMILES string of the molecule is c1ccc2c(c1)B1c3ccccc3N(c3cccc4c5ccccc5c5ccccc5c34)c3cccc(c31)N2c1ccc2c3ccccc3c3ccccc3c2c1. The molecule has 0 spiro atoms. The smallest absolute Gasteiger partial charge is 0.252 e. The number of para-hydroxylation sites is 2. The number of benzene rings is 11. The van der Waals surface area contributed by atoms with Gasteiger partial charge in [-0.05, 0) is 118 Å². The summed E-state index contributed by atoms with van der Waals surface area (Å²) in [6.45, 7) is 0.0777. The van der Waals surface area contributed by atoms with E-state index in [2.05, 4.69) is 210 Å². The van der Waals surface area contributed by atoms with E-state index >= 15 is 0 Å². The normalized spacial score (nSPS) is 13.2. The Morgan fingerprint density at radius 3 is 1.21 bits per heavy atom. The van der Waals surface area contributed by atoms with Gasteiger partial charge in [-0.1, -0.05) is 158 Å². The third-order valence-corrected chi connectivity index (χ3v) is 12.8. The van der Waals surface area contributed by atoms with Crippen LogP contribution < -0.4 is 26.2 Å². The van der Waals surface area contributed by atoms with Crippen LogP contribution in [0.25, 0.3) is 64.6 Å². The molecule has 0 fully saturated rings. The van der Waals surface area contributed by atoms with Gasteiger partial charge in [0.25, 0.3) is 6.71 Å². The van der Waals surface area contributed by atoms with E-state index in [9.17, 15) is 0 Å². The first-order valence-corrected chi connectivity index (χ1v) is 19.9. The van der Waals surface area contributed by atoms with Crippen LogP contribution in [-0.4, -0.2) is 6.71 Å². The number of hydrogen-bond acceptors (Lipinski definition) is 2. The molecule has 2 nitrogen and oxygen atoms in total. The average molecular weight is 721 g/mol. The summed E-state index contributed by atoms with van der Waals surface area (Å²) in [4.78, 5) is 5.08. The second-order valence-electron chi connectivity index (χ2n) is 15.5. The van der Waals surface area contributed by atoms with Crippen molar-refractivity contribution in [2.45, 2.75) is 0 Å². The third kappa shape index (κ3) is 4.15. The number of nitrogens with zero attached hydrogens (tertiary/aromatic N) is 2. The lowest BCUT2D eigenvalue weighted by molar-refractivity contribution is 1.26. The van der Waals surface area contributed by atoms with Gasteiger partial charge in [0.1, 0.15) is 0 Å². The molecule has 2 aliphatic heterocycles. The van der Waals surface area contributed by atoms with Crippen LogP contribution in [0.5, 0.6) is 0 Å². The molecule has 0 atom stereocenters. The monoisotopic (exact) mass is 720 g/mol. The summed E-state index contributed by atoms with van der Waals surface area (Å²) in [5, 5.41) is 15.4. The molecule has 0 bridgehead atoms. The van der Waals surface area contributed by atoms with Crippen molar-refractivity contribution in [1.82, 2.24) is 0 Å². The topological polar surface area (TPSA) is 6.48 Å². The second kappa shape index (κ2) is 11.6. The molecule has 11 aromatic rings. The molecule has 2 heterocycles. The zero-order valence-corrected chi connectivity index (χ0v) is 31.0. The Labute approximate surface area is 330 Å². The van der Waals surface area contributed by atoms with E-state index in [0.717, 1.165) is 5.69 Å². The molecule has 0 saturated heterocycles. The molecule has 0 radical (unpaired) electrons. The molecule has 0 unspecified atom stereocenters. The average Bonchev–Trinajstić information content (AvgIpc) is 3.29. The standard InChI is InChI=1S/C54H33BN2/c1-2-17-37-35(15-1)36-16-4-6-21-41(36)45-33-34(31-32-42(37)45)56-48-26-11-9-24-46(48)55-47-25-10-12-27-49(47)57(52-30-14-29-51(56)54(52)55)50-28-13-23-44-40-19-5-3-18-38(40)39-20-7-8-22-43(39)53(44)50/h1-33H. The van der Waals surface area contributed by atoms with E-state index in [1.807, 2.05) is 0 Å². The number of rotatable bonds is 2. The van der Waals surface area contributed by atoms with Crippen molar-refractivity contribution in [2.24, 2.45) is 0 Å². The van der Waals surface area contributed by atoms with Crippen LogP contribution >= 0.6 is 0 Å². The van der Waals surface area contributed by atoms with Crippen LogP contribution in [0.2, 0.25) is 0 Å². The summed E-state index contributed by atoms with van der Waals surface area (Å²) in [5.41, 5.74) is 11.2. The summed E-state index contributed by atoms with van der Waals surface area (Å²) in [6, 6.07) is 74.6. The Balaban J connectivity index is 1.11. The van der Waals surface area contributed by atoms with Crippen molar-refractivity contribution < 1.29 is 0 Å². The van der Waals surface area contributed by atoms with E-state index in [1.165, 1.54) is 109 Å². The predicted molar refractivity (Wildman–Crippen MR) is 245 cm³/mol. The van der Waals surface area contributed by atoms with Gasteiger partial charge in [-0.2, -0.15) is 0 Å². The van der Waals surface area contributed by atoms with E-state index in [0.29, 0.717) is 0 Å². The summed E-state index contributed by atoms with van der Waals surface area (Å²) in [7, 11) is 0. The van der Waals surface area contributed by atoms with Crippen LogP contribution in [0.3, 0.4) is 0 Å². The molecule has 0 aliphatic carbocycles. The van der Waals surface area contributed by atoms with Gasteiger partial charge in [-0.25, -0.2) is 0 Å². The highest BCUT2D eigenvalue weighted by Crippen LogP contribution is 2.48. The van der Waals surface area contributed by atoms with Gasteiger partial charge in [0.05, 0.1) is 5.69 Å². The van der Waals surface area contributed by atoms with Gasteiger partial charge in [0.15, 0.2) is 0 Å².